The van der Waals surface area contributed by atoms with Crippen LogP contribution in [0.4, 0.5) is 13.2 Å². The van der Waals surface area contributed by atoms with E-state index in [2.05, 4.69) is 0 Å². The third kappa shape index (κ3) is 1.82. The first kappa shape index (κ1) is 14.0. The minimum atomic E-state index is -5.75. The van der Waals surface area contributed by atoms with Gasteiger partial charge in [-0.15, -0.1) is 11.8 Å². The van der Waals surface area contributed by atoms with Gasteiger partial charge in [0.1, 0.15) is 6.10 Å². The molecule has 3 rings (SSSR count). The third-order valence-corrected chi connectivity index (χ3v) is 6.51. The Labute approximate surface area is 115 Å². The number of amides is 1. The molecule has 11 heteroatoms. The van der Waals surface area contributed by atoms with E-state index in [1.165, 1.54) is 11.8 Å². The molecule has 1 amide bonds. The monoisotopic (exact) mass is 331 g/mol. The number of ether oxygens (including phenoxy) is 1. The molecule has 20 heavy (non-hydrogen) atoms. The van der Waals surface area contributed by atoms with Crippen LogP contribution >= 0.6 is 11.8 Å². The molecule has 3 fully saturated rings. The zero-order valence-electron chi connectivity index (χ0n) is 9.59. The SMILES string of the molecule is O=C(NS(=O)(=O)C(F)(F)F)C1C2CC3OC(=O)C1C3S2. The number of carbonyl (C=O) groups is 2. The number of rotatable bonds is 2. The number of fused-ring (bicyclic) bond motifs is 1. The molecule has 5 atom stereocenters. The van der Waals surface area contributed by atoms with Crippen LogP contribution in [-0.4, -0.2) is 42.4 Å². The lowest BCUT2D eigenvalue weighted by atomic mass is 9.80. The predicted octanol–water partition coefficient (Wildman–Crippen LogP) is -0.00230. The summed E-state index contributed by atoms with van der Waals surface area (Å²) in [6.07, 6.45) is 0.0487. The molecule has 3 aliphatic rings. The molecular weight excluding hydrogens is 323 g/mol. The Morgan fingerprint density at radius 3 is 2.65 bits per heavy atom. The summed E-state index contributed by atoms with van der Waals surface area (Å²) in [4.78, 5) is 23.4. The van der Waals surface area contributed by atoms with Crippen LogP contribution in [0.1, 0.15) is 6.42 Å². The van der Waals surface area contributed by atoms with Crippen molar-refractivity contribution >= 4 is 33.7 Å². The van der Waals surface area contributed by atoms with Crippen LogP contribution in [0.3, 0.4) is 0 Å². The molecule has 3 aliphatic heterocycles. The lowest BCUT2D eigenvalue weighted by molar-refractivity contribution is -0.145. The lowest BCUT2D eigenvalue weighted by Gasteiger charge is -2.22. The Morgan fingerprint density at radius 2 is 2.05 bits per heavy atom. The highest BCUT2D eigenvalue weighted by atomic mass is 32.2. The highest BCUT2D eigenvalue weighted by Gasteiger charge is 2.65. The Balaban J connectivity index is 1.81. The van der Waals surface area contributed by atoms with Gasteiger partial charge in [0.2, 0.25) is 5.91 Å². The van der Waals surface area contributed by atoms with Crippen molar-refractivity contribution in [3.63, 3.8) is 0 Å². The van der Waals surface area contributed by atoms with E-state index in [0.717, 1.165) is 4.72 Å². The highest BCUT2D eigenvalue weighted by Crippen LogP contribution is 2.58. The van der Waals surface area contributed by atoms with Crippen molar-refractivity contribution in [3.05, 3.63) is 0 Å². The molecule has 0 aromatic heterocycles. The molecule has 1 N–H and O–H groups in total. The third-order valence-electron chi connectivity index (χ3n) is 3.69. The zero-order chi connectivity index (χ0) is 14.9. The quantitative estimate of drug-likeness (QED) is 0.716. The average molecular weight is 331 g/mol. The van der Waals surface area contributed by atoms with Gasteiger partial charge in [0.25, 0.3) is 0 Å². The molecule has 5 unspecified atom stereocenters. The van der Waals surface area contributed by atoms with Gasteiger partial charge >= 0.3 is 21.5 Å². The highest BCUT2D eigenvalue weighted by molar-refractivity contribution is 8.01. The molecule has 3 saturated heterocycles. The molecule has 0 saturated carbocycles. The van der Waals surface area contributed by atoms with E-state index in [0.29, 0.717) is 6.42 Å². The van der Waals surface area contributed by atoms with Crippen molar-refractivity contribution < 1.29 is 35.9 Å². The van der Waals surface area contributed by atoms with E-state index in [-0.39, 0.29) is 16.6 Å². The van der Waals surface area contributed by atoms with Crippen LogP contribution in [0, 0.1) is 11.8 Å². The first-order valence-corrected chi connectivity index (χ1v) is 8.03. The Hall–Kier alpha value is -0.970. The molecule has 0 aliphatic carbocycles. The van der Waals surface area contributed by atoms with E-state index in [9.17, 15) is 31.2 Å². The lowest BCUT2D eigenvalue weighted by Crippen LogP contribution is -2.48. The summed E-state index contributed by atoms with van der Waals surface area (Å²) < 4.78 is 64.6. The van der Waals surface area contributed by atoms with Gasteiger partial charge in [-0.25, -0.2) is 4.72 Å². The van der Waals surface area contributed by atoms with Crippen molar-refractivity contribution in [1.82, 2.24) is 4.72 Å². The van der Waals surface area contributed by atoms with Crippen molar-refractivity contribution in [2.45, 2.75) is 28.5 Å². The zero-order valence-corrected chi connectivity index (χ0v) is 11.2. The number of hydrogen-bond acceptors (Lipinski definition) is 6. The van der Waals surface area contributed by atoms with Crippen LogP contribution in [-0.2, 0) is 24.3 Å². The van der Waals surface area contributed by atoms with Crippen molar-refractivity contribution in [1.29, 1.82) is 0 Å². The minimum Gasteiger partial charge on any atom is -0.461 e. The topological polar surface area (TPSA) is 89.5 Å². The fourth-order valence-corrected chi connectivity index (χ4v) is 5.38. The second kappa shape index (κ2) is 4.03. The van der Waals surface area contributed by atoms with E-state index < -0.39 is 39.2 Å². The molecule has 112 valence electrons. The summed E-state index contributed by atoms with van der Waals surface area (Å²) >= 11 is 1.30. The van der Waals surface area contributed by atoms with E-state index in [1.807, 2.05) is 0 Å². The van der Waals surface area contributed by atoms with Gasteiger partial charge in [-0.05, 0) is 6.42 Å². The first-order chi connectivity index (χ1) is 9.12. The number of alkyl halides is 3. The molecule has 0 radical (unpaired) electrons. The minimum absolute atomic E-state index is 0.267. The molecule has 6 nitrogen and oxygen atoms in total. The first-order valence-electron chi connectivity index (χ1n) is 5.61. The molecular formula is C9H8F3NO5S2. The fraction of sp³-hybridized carbons (Fsp3) is 0.778. The number of thioether (sulfide) groups is 1. The van der Waals surface area contributed by atoms with Gasteiger partial charge in [-0.3, -0.25) is 9.59 Å². The smallest absolute Gasteiger partial charge is 0.461 e. The second-order valence-electron chi connectivity index (χ2n) is 4.82. The van der Waals surface area contributed by atoms with Gasteiger partial charge in [-0.1, -0.05) is 0 Å². The number of hydrogen-bond donors (Lipinski definition) is 1. The summed E-state index contributed by atoms with van der Waals surface area (Å²) in [5.41, 5.74) is -5.56. The maximum Gasteiger partial charge on any atom is 0.516 e. The Bertz CT molecular complexity index is 587. The number of halogens is 3. The Morgan fingerprint density at radius 1 is 1.40 bits per heavy atom. The summed E-state index contributed by atoms with van der Waals surface area (Å²) in [5.74, 6) is -3.87. The van der Waals surface area contributed by atoms with Crippen molar-refractivity contribution in [2.24, 2.45) is 11.8 Å². The maximum atomic E-state index is 12.2. The molecule has 0 aromatic carbocycles. The summed E-state index contributed by atoms with van der Waals surface area (Å²) in [6.45, 7) is 0. The van der Waals surface area contributed by atoms with Crippen LogP contribution in [0.15, 0.2) is 0 Å². The summed E-state index contributed by atoms with van der Waals surface area (Å²) in [6, 6.07) is 0. The number of carbonyl (C=O) groups excluding carboxylic acids is 2. The average Bonchev–Trinajstić information content (AvgIpc) is 2.86. The van der Waals surface area contributed by atoms with Crippen molar-refractivity contribution in [2.75, 3.05) is 0 Å². The van der Waals surface area contributed by atoms with Crippen LogP contribution in [0.2, 0.25) is 0 Å². The van der Waals surface area contributed by atoms with Gasteiger partial charge in [0, 0.05) is 5.25 Å². The molecule has 3 heterocycles. The van der Waals surface area contributed by atoms with Crippen LogP contribution in [0.25, 0.3) is 0 Å². The van der Waals surface area contributed by atoms with Crippen LogP contribution in [0.5, 0.6) is 0 Å². The van der Waals surface area contributed by atoms with Gasteiger partial charge in [0.05, 0.1) is 17.1 Å². The van der Waals surface area contributed by atoms with E-state index in [1.54, 1.807) is 0 Å². The molecule has 2 bridgehead atoms. The summed E-state index contributed by atoms with van der Waals surface area (Å²) in [7, 11) is -5.75. The number of esters is 1. The number of sulfonamides is 1. The largest absolute Gasteiger partial charge is 0.516 e. The normalized spacial score (nSPS) is 39.0. The van der Waals surface area contributed by atoms with Gasteiger partial charge in [0.15, 0.2) is 0 Å². The van der Waals surface area contributed by atoms with E-state index in [4.69, 9.17) is 4.74 Å². The standard InChI is InChI=1S/C9H8F3NO5S2/c10-9(11,12)20(16,17)13-7(14)4-3-1-2-6(19-3)5(4)8(15)18-2/h2-6H,1H2,(H,13,14). The maximum absolute atomic E-state index is 12.2. The molecule has 0 aromatic rings. The summed E-state index contributed by atoms with van der Waals surface area (Å²) in [5, 5.41) is -0.651. The fourth-order valence-electron chi connectivity index (χ4n) is 2.90. The van der Waals surface area contributed by atoms with Crippen LogP contribution < -0.4 is 4.72 Å². The number of nitrogens with one attached hydrogen (secondary N) is 1. The predicted molar refractivity (Wildman–Crippen MR) is 59.8 cm³/mol. The second-order valence-corrected chi connectivity index (χ2v) is 7.91. The van der Waals surface area contributed by atoms with E-state index >= 15 is 0 Å². The molecule has 0 spiro atoms. The Kier molecular flexibility index (Phi) is 2.82. The van der Waals surface area contributed by atoms with Gasteiger partial charge < -0.3 is 4.74 Å². The van der Waals surface area contributed by atoms with Gasteiger partial charge in [-0.2, -0.15) is 21.6 Å². The van der Waals surface area contributed by atoms with Crippen molar-refractivity contribution in [3.8, 4) is 0 Å².